The van der Waals surface area contributed by atoms with Crippen LogP contribution in [0, 0.1) is 0 Å². The summed E-state index contributed by atoms with van der Waals surface area (Å²) in [5.41, 5.74) is 5.72. The van der Waals surface area contributed by atoms with Gasteiger partial charge >= 0.3 is 0 Å². The van der Waals surface area contributed by atoms with Gasteiger partial charge in [0.2, 0.25) is 5.91 Å². The van der Waals surface area contributed by atoms with Gasteiger partial charge in [-0.3, -0.25) is 4.79 Å². The summed E-state index contributed by atoms with van der Waals surface area (Å²) in [5.74, 6) is -0.172. The Labute approximate surface area is 95.0 Å². The average molecular weight is 279 g/mol. The van der Waals surface area contributed by atoms with Crippen LogP contribution in [0.4, 0.5) is 5.69 Å². The second-order valence-electron chi connectivity index (χ2n) is 2.58. The molecule has 0 atom stereocenters. The Morgan fingerprint density at radius 2 is 2.43 bits per heavy atom. The van der Waals surface area contributed by atoms with Gasteiger partial charge in [-0.05, 0) is 22.0 Å². The lowest BCUT2D eigenvalue weighted by Gasteiger charge is -2.05. The molecule has 0 aromatic carbocycles. The Morgan fingerprint density at radius 3 is 3.07 bits per heavy atom. The zero-order valence-electron chi connectivity index (χ0n) is 7.26. The minimum absolute atomic E-state index is 0.172. The lowest BCUT2D eigenvalue weighted by Crippen LogP contribution is -2.16. The predicted octanol–water partition coefficient (Wildman–Crippen LogP) is 1.78. The Bertz CT molecular complexity index is 345. The van der Waals surface area contributed by atoms with E-state index in [1.165, 1.54) is 0 Å². The van der Waals surface area contributed by atoms with E-state index in [9.17, 15) is 4.79 Å². The van der Waals surface area contributed by atoms with Crippen molar-refractivity contribution in [3.8, 4) is 0 Å². The van der Waals surface area contributed by atoms with E-state index in [-0.39, 0.29) is 17.5 Å². The van der Waals surface area contributed by atoms with Gasteiger partial charge in [0.05, 0.1) is 5.69 Å². The molecule has 0 radical (unpaired) electrons. The third-order valence-electron chi connectivity index (χ3n) is 1.45. The number of aromatic nitrogens is 1. The molecule has 0 unspecified atom stereocenters. The molecule has 0 aliphatic heterocycles. The van der Waals surface area contributed by atoms with Crippen molar-refractivity contribution < 1.29 is 4.79 Å². The van der Waals surface area contributed by atoms with Crippen LogP contribution >= 0.6 is 27.5 Å². The number of halogens is 2. The zero-order chi connectivity index (χ0) is 10.6. The number of hydrogen-bond donors (Lipinski definition) is 2. The molecular formula is C8H9BrClN3O. The largest absolute Gasteiger partial charge is 0.330 e. The molecule has 0 fully saturated rings. The first kappa shape index (κ1) is 11.4. The van der Waals surface area contributed by atoms with Crippen molar-refractivity contribution in [2.45, 2.75) is 6.42 Å². The average Bonchev–Trinajstić information content (AvgIpc) is 2.12. The molecule has 0 aliphatic rings. The fraction of sp³-hybridized carbons (Fsp3) is 0.250. The molecule has 1 amide bonds. The van der Waals surface area contributed by atoms with Crippen LogP contribution in [-0.4, -0.2) is 17.4 Å². The van der Waals surface area contributed by atoms with Crippen LogP contribution in [-0.2, 0) is 4.79 Å². The van der Waals surface area contributed by atoms with Gasteiger partial charge < -0.3 is 11.1 Å². The van der Waals surface area contributed by atoms with Crippen molar-refractivity contribution in [1.29, 1.82) is 0 Å². The SMILES string of the molecule is NCCC(=O)Nc1cc(Br)cnc1Cl. The molecule has 0 spiro atoms. The number of pyridine rings is 1. The third-order valence-corrected chi connectivity index (χ3v) is 2.19. The standard InChI is InChI=1S/C8H9BrClN3O/c9-5-3-6(8(10)12-4-5)13-7(14)1-2-11/h3-4H,1-2,11H2,(H,13,14). The molecule has 6 heteroatoms. The van der Waals surface area contributed by atoms with Gasteiger partial charge in [-0.25, -0.2) is 4.98 Å². The number of rotatable bonds is 3. The molecule has 1 aromatic rings. The third kappa shape index (κ3) is 3.25. The van der Waals surface area contributed by atoms with Crippen molar-refractivity contribution in [2.75, 3.05) is 11.9 Å². The molecule has 1 heterocycles. The minimum atomic E-state index is -0.172. The van der Waals surface area contributed by atoms with Crippen molar-refractivity contribution in [3.05, 3.63) is 21.9 Å². The highest BCUT2D eigenvalue weighted by atomic mass is 79.9. The quantitative estimate of drug-likeness (QED) is 0.828. The van der Waals surface area contributed by atoms with Gasteiger partial charge in [-0.15, -0.1) is 0 Å². The van der Waals surface area contributed by atoms with Crippen LogP contribution in [0.25, 0.3) is 0 Å². The molecule has 4 nitrogen and oxygen atoms in total. The Hall–Kier alpha value is -0.650. The topological polar surface area (TPSA) is 68.0 Å². The lowest BCUT2D eigenvalue weighted by atomic mass is 10.3. The van der Waals surface area contributed by atoms with Crippen LogP contribution in [0.3, 0.4) is 0 Å². The van der Waals surface area contributed by atoms with Gasteiger partial charge in [-0.1, -0.05) is 11.6 Å². The van der Waals surface area contributed by atoms with E-state index in [1.807, 2.05) is 0 Å². The summed E-state index contributed by atoms with van der Waals surface area (Å²) in [5, 5.41) is 2.87. The molecule has 76 valence electrons. The number of nitrogens with two attached hydrogens (primary N) is 1. The zero-order valence-corrected chi connectivity index (χ0v) is 9.60. The summed E-state index contributed by atoms with van der Waals surface area (Å²) >= 11 is 8.99. The predicted molar refractivity (Wildman–Crippen MR) is 59.2 cm³/mol. The Kier molecular flexibility index (Phi) is 4.31. The fourth-order valence-electron chi connectivity index (χ4n) is 0.854. The molecule has 0 saturated heterocycles. The van der Waals surface area contributed by atoms with Crippen molar-refractivity contribution in [1.82, 2.24) is 4.98 Å². The first-order valence-corrected chi connectivity index (χ1v) is 5.11. The fourth-order valence-corrected chi connectivity index (χ4v) is 1.34. The monoisotopic (exact) mass is 277 g/mol. The maximum absolute atomic E-state index is 11.2. The molecule has 0 saturated carbocycles. The van der Waals surface area contributed by atoms with Gasteiger partial charge in [-0.2, -0.15) is 0 Å². The number of carbonyl (C=O) groups excluding carboxylic acids is 1. The van der Waals surface area contributed by atoms with Crippen LogP contribution < -0.4 is 11.1 Å². The summed E-state index contributed by atoms with van der Waals surface area (Å²) in [4.78, 5) is 15.0. The molecule has 3 N–H and O–H groups in total. The highest BCUT2D eigenvalue weighted by Crippen LogP contribution is 2.22. The normalized spacial score (nSPS) is 9.93. The van der Waals surface area contributed by atoms with Crippen molar-refractivity contribution in [2.24, 2.45) is 5.73 Å². The number of anilines is 1. The van der Waals surface area contributed by atoms with E-state index >= 15 is 0 Å². The Morgan fingerprint density at radius 1 is 1.71 bits per heavy atom. The van der Waals surface area contributed by atoms with E-state index in [0.29, 0.717) is 12.2 Å². The number of hydrogen-bond acceptors (Lipinski definition) is 3. The van der Waals surface area contributed by atoms with E-state index < -0.39 is 0 Å². The van der Waals surface area contributed by atoms with Gasteiger partial charge in [0, 0.05) is 23.6 Å². The van der Waals surface area contributed by atoms with E-state index in [1.54, 1.807) is 12.3 Å². The molecule has 14 heavy (non-hydrogen) atoms. The van der Waals surface area contributed by atoms with Gasteiger partial charge in [0.1, 0.15) is 0 Å². The first-order valence-electron chi connectivity index (χ1n) is 3.94. The molecular weight excluding hydrogens is 269 g/mol. The van der Waals surface area contributed by atoms with E-state index in [2.05, 4.69) is 26.2 Å². The van der Waals surface area contributed by atoms with E-state index in [4.69, 9.17) is 17.3 Å². The number of nitrogens with one attached hydrogen (secondary N) is 1. The molecule has 1 rings (SSSR count). The molecule has 0 bridgehead atoms. The second-order valence-corrected chi connectivity index (χ2v) is 3.85. The van der Waals surface area contributed by atoms with Crippen LogP contribution in [0.5, 0.6) is 0 Å². The van der Waals surface area contributed by atoms with Gasteiger partial charge in [0.15, 0.2) is 5.15 Å². The van der Waals surface area contributed by atoms with Gasteiger partial charge in [0.25, 0.3) is 0 Å². The summed E-state index contributed by atoms with van der Waals surface area (Å²) in [7, 11) is 0. The highest BCUT2D eigenvalue weighted by molar-refractivity contribution is 9.10. The summed E-state index contributed by atoms with van der Waals surface area (Å²) < 4.78 is 0.755. The first-order chi connectivity index (χ1) is 6.63. The molecule has 1 aromatic heterocycles. The second kappa shape index (κ2) is 5.29. The Balaban J connectivity index is 2.75. The smallest absolute Gasteiger partial charge is 0.225 e. The van der Waals surface area contributed by atoms with Crippen molar-refractivity contribution in [3.63, 3.8) is 0 Å². The number of carbonyl (C=O) groups is 1. The summed E-state index contributed by atoms with van der Waals surface area (Å²) in [6, 6.07) is 1.68. The van der Waals surface area contributed by atoms with Crippen molar-refractivity contribution >= 4 is 39.1 Å². The maximum atomic E-state index is 11.2. The van der Waals surface area contributed by atoms with Crippen LogP contribution in [0.15, 0.2) is 16.7 Å². The lowest BCUT2D eigenvalue weighted by molar-refractivity contribution is -0.116. The summed E-state index contributed by atoms with van der Waals surface area (Å²) in [6.07, 6.45) is 1.82. The number of nitrogens with zero attached hydrogens (tertiary/aromatic N) is 1. The number of amides is 1. The molecule has 0 aliphatic carbocycles. The minimum Gasteiger partial charge on any atom is -0.330 e. The van der Waals surface area contributed by atoms with Crippen LogP contribution in [0.1, 0.15) is 6.42 Å². The highest BCUT2D eigenvalue weighted by Gasteiger charge is 2.06. The maximum Gasteiger partial charge on any atom is 0.225 e. The van der Waals surface area contributed by atoms with Crippen LogP contribution in [0.2, 0.25) is 5.15 Å². The summed E-state index contributed by atoms with van der Waals surface area (Å²) in [6.45, 7) is 0.310. The van der Waals surface area contributed by atoms with E-state index in [0.717, 1.165) is 4.47 Å².